The number of amides is 1. The van der Waals surface area contributed by atoms with Crippen molar-refractivity contribution in [1.82, 2.24) is 20.2 Å². The minimum absolute atomic E-state index is 0.0449. The van der Waals surface area contributed by atoms with Crippen LogP contribution in [0.1, 0.15) is 38.1 Å². The summed E-state index contributed by atoms with van der Waals surface area (Å²) in [6, 6.07) is 16.1. The molecule has 32 heavy (non-hydrogen) atoms. The Morgan fingerprint density at radius 2 is 1.94 bits per heavy atom. The van der Waals surface area contributed by atoms with Gasteiger partial charge >= 0.3 is 0 Å². The standard InChI is InChI=1S/C25H34N6O/c1-18(2)15-24(32)30-21-10-7-9-20(16-21)17-28-25(26-4)27-13-8-14-31-19(3)29-22-11-5-6-12-23(22)31/h5-7,9-12,16,18H,8,13-15,17H2,1-4H3,(H,30,32)(H2,26,27,28). The summed E-state index contributed by atoms with van der Waals surface area (Å²) in [4.78, 5) is 20.9. The Hall–Kier alpha value is -3.35. The van der Waals surface area contributed by atoms with Gasteiger partial charge in [0.15, 0.2) is 5.96 Å². The number of aromatic nitrogens is 2. The van der Waals surface area contributed by atoms with Crippen molar-refractivity contribution in [3.63, 3.8) is 0 Å². The number of guanidine groups is 1. The molecule has 1 aromatic heterocycles. The third kappa shape index (κ3) is 6.57. The first kappa shape index (κ1) is 23.3. The summed E-state index contributed by atoms with van der Waals surface area (Å²) in [6.07, 6.45) is 1.48. The van der Waals surface area contributed by atoms with E-state index in [0.717, 1.165) is 48.1 Å². The molecule has 3 aromatic rings. The SMILES string of the molecule is CN=C(NCCCn1c(C)nc2ccccc21)NCc1cccc(NC(=O)CC(C)C)c1. The number of imidazole rings is 1. The summed E-state index contributed by atoms with van der Waals surface area (Å²) in [5.74, 6) is 2.18. The van der Waals surface area contributed by atoms with Gasteiger partial charge in [-0.15, -0.1) is 0 Å². The predicted octanol–water partition coefficient (Wildman–Crippen LogP) is 4.08. The Morgan fingerprint density at radius 3 is 2.72 bits per heavy atom. The number of hydrogen-bond donors (Lipinski definition) is 3. The zero-order valence-electron chi connectivity index (χ0n) is 19.5. The number of nitrogens with one attached hydrogen (secondary N) is 3. The van der Waals surface area contributed by atoms with Gasteiger partial charge in [-0.25, -0.2) is 4.98 Å². The van der Waals surface area contributed by atoms with Crippen LogP contribution in [-0.2, 0) is 17.9 Å². The Morgan fingerprint density at radius 1 is 1.12 bits per heavy atom. The Labute approximate surface area is 190 Å². The number of fused-ring (bicyclic) bond motifs is 1. The van der Waals surface area contributed by atoms with Crippen LogP contribution >= 0.6 is 0 Å². The van der Waals surface area contributed by atoms with E-state index in [4.69, 9.17) is 0 Å². The Kier molecular flexibility index (Phi) is 8.25. The van der Waals surface area contributed by atoms with Gasteiger partial charge < -0.3 is 20.5 Å². The maximum Gasteiger partial charge on any atom is 0.224 e. The molecule has 2 aromatic carbocycles. The van der Waals surface area contributed by atoms with E-state index >= 15 is 0 Å². The first-order chi connectivity index (χ1) is 15.5. The lowest BCUT2D eigenvalue weighted by Crippen LogP contribution is -2.37. The second kappa shape index (κ2) is 11.3. The Balaban J connectivity index is 1.45. The van der Waals surface area contributed by atoms with E-state index in [1.165, 1.54) is 5.52 Å². The monoisotopic (exact) mass is 434 g/mol. The molecular weight excluding hydrogens is 400 g/mol. The number of anilines is 1. The number of para-hydroxylation sites is 2. The van der Waals surface area contributed by atoms with E-state index < -0.39 is 0 Å². The van der Waals surface area contributed by atoms with Gasteiger partial charge in [0.1, 0.15) is 5.82 Å². The molecule has 0 aliphatic rings. The van der Waals surface area contributed by atoms with Gasteiger partial charge in [-0.05, 0) is 49.1 Å². The topological polar surface area (TPSA) is 83.3 Å². The van der Waals surface area contributed by atoms with Crippen molar-refractivity contribution in [1.29, 1.82) is 0 Å². The van der Waals surface area contributed by atoms with Gasteiger partial charge in [-0.2, -0.15) is 0 Å². The molecule has 0 spiro atoms. The van der Waals surface area contributed by atoms with Crippen LogP contribution in [0.15, 0.2) is 53.5 Å². The fourth-order valence-corrected chi connectivity index (χ4v) is 3.67. The smallest absolute Gasteiger partial charge is 0.224 e. The molecule has 0 bridgehead atoms. The molecule has 0 aliphatic carbocycles. The van der Waals surface area contributed by atoms with Crippen molar-refractivity contribution >= 4 is 28.6 Å². The molecular formula is C25H34N6O. The molecule has 1 heterocycles. The fraction of sp³-hybridized carbons (Fsp3) is 0.400. The van der Waals surface area contributed by atoms with E-state index in [1.54, 1.807) is 7.05 Å². The number of carbonyl (C=O) groups is 1. The number of rotatable bonds is 9. The summed E-state index contributed by atoms with van der Waals surface area (Å²) in [5, 5.41) is 9.68. The first-order valence-electron chi connectivity index (χ1n) is 11.2. The van der Waals surface area contributed by atoms with Crippen LogP contribution in [0, 0.1) is 12.8 Å². The minimum atomic E-state index is 0.0449. The summed E-state index contributed by atoms with van der Waals surface area (Å²) < 4.78 is 2.26. The van der Waals surface area contributed by atoms with Gasteiger partial charge in [-0.3, -0.25) is 9.79 Å². The molecule has 170 valence electrons. The molecule has 1 amide bonds. The zero-order chi connectivity index (χ0) is 22.9. The highest BCUT2D eigenvalue weighted by Crippen LogP contribution is 2.15. The second-order valence-corrected chi connectivity index (χ2v) is 8.35. The van der Waals surface area contributed by atoms with Crippen molar-refractivity contribution < 1.29 is 4.79 Å². The molecule has 7 heteroatoms. The molecule has 3 rings (SSSR count). The van der Waals surface area contributed by atoms with Crippen molar-refractivity contribution in [2.75, 3.05) is 18.9 Å². The normalized spacial score (nSPS) is 11.7. The van der Waals surface area contributed by atoms with Crippen LogP contribution in [0.5, 0.6) is 0 Å². The fourth-order valence-electron chi connectivity index (χ4n) is 3.67. The van der Waals surface area contributed by atoms with Gasteiger partial charge in [-0.1, -0.05) is 38.1 Å². The van der Waals surface area contributed by atoms with Gasteiger partial charge in [0, 0.05) is 38.8 Å². The number of benzene rings is 2. The van der Waals surface area contributed by atoms with Crippen LogP contribution in [-0.4, -0.2) is 35.0 Å². The quantitative estimate of drug-likeness (QED) is 0.269. The lowest BCUT2D eigenvalue weighted by molar-refractivity contribution is -0.116. The highest BCUT2D eigenvalue weighted by Gasteiger charge is 2.07. The number of hydrogen-bond acceptors (Lipinski definition) is 3. The van der Waals surface area contributed by atoms with Crippen molar-refractivity contribution in [3.05, 3.63) is 59.9 Å². The number of aliphatic imine (C=N–C) groups is 1. The van der Waals surface area contributed by atoms with Crippen LogP contribution in [0.2, 0.25) is 0 Å². The molecule has 0 atom stereocenters. The molecule has 0 saturated carbocycles. The van der Waals surface area contributed by atoms with E-state index in [1.807, 2.05) is 57.2 Å². The average Bonchev–Trinajstić information content (AvgIpc) is 3.08. The minimum Gasteiger partial charge on any atom is -0.356 e. The molecule has 0 fully saturated rings. The molecule has 0 radical (unpaired) electrons. The molecule has 0 unspecified atom stereocenters. The largest absolute Gasteiger partial charge is 0.356 e. The van der Waals surface area contributed by atoms with Crippen LogP contribution in [0.4, 0.5) is 5.69 Å². The first-order valence-corrected chi connectivity index (χ1v) is 11.2. The summed E-state index contributed by atoms with van der Waals surface area (Å²) in [6.45, 7) is 8.45. The van der Waals surface area contributed by atoms with E-state index in [2.05, 4.69) is 42.6 Å². The second-order valence-electron chi connectivity index (χ2n) is 8.35. The number of aryl methyl sites for hydroxylation is 2. The van der Waals surface area contributed by atoms with Gasteiger partial charge in [0.2, 0.25) is 5.91 Å². The van der Waals surface area contributed by atoms with Gasteiger partial charge in [0.05, 0.1) is 11.0 Å². The van der Waals surface area contributed by atoms with Gasteiger partial charge in [0.25, 0.3) is 0 Å². The molecule has 0 aliphatic heterocycles. The van der Waals surface area contributed by atoms with Crippen LogP contribution < -0.4 is 16.0 Å². The molecule has 3 N–H and O–H groups in total. The Bertz CT molecular complexity index is 1070. The highest BCUT2D eigenvalue weighted by atomic mass is 16.1. The third-order valence-electron chi connectivity index (χ3n) is 5.18. The maximum absolute atomic E-state index is 12.0. The summed E-state index contributed by atoms with van der Waals surface area (Å²) in [7, 11) is 1.77. The van der Waals surface area contributed by atoms with Crippen molar-refractivity contribution in [2.24, 2.45) is 10.9 Å². The number of carbonyl (C=O) groups excluding carboxylic acids is 1. The van der Waals surface area contributed by atoms with Crippen LogP contribution in [0.25, 0.3) is 11.0 Å². The third-order valence-corrected chi connectivity index (χ3v) is 5.18. The van der Waals surface area contributed by atoms with E-state index in [9.17, 15) is 4.79 Å². The van der Waals surface area contributed by atoms with E-state index in [-0.39, 0.29) is 5.91 Å². The average molecular weight is 435 g/mol. The van der Waals surface area contributed by atoms with E-state index in [0.29, 0.717) is 18.9 Å². The van der Waals surface area contributed by atoms with Crippen molar-refractivity contribution in [2.45, 2.75) is 46.7 Å². The zero-order valence-corrected chi connectivity index (χ0v) is 19.5. The summed E-state index contributed by atoms with van der Waals surface area (Å²) in [5.41, 5.74) is 4.11. The lowest BCUT2D eigenvalue weighted by atomic mass is 10.1. The molecule has 0 saturated heterocycles. The maximum atomic E-state index is 12.0. The van der Waals surface area contributed by atoms with Crippen molar-refractivity contribution in [3.8, 4) is 0 Å². The predicted molar refractivity (Wildman–Crippen MR) is 132 cm³/mol. The lowest BCUT2D eigenvalue weighted by Gasteiger charge is -2.13. The summed E-state index contributed by atoms with van der Waals surface area (Å²) >= 11 is 0. The molecule has 7 nitrogen and oxygen atoms in total. The van der Waals surface area contributed by atoms with Crippen LogP contribution in [0.3, 0.4) is 0 Å². The highest BCUT2D eigenvalue weighted by molar-refractivity contribution is 5.90. The number of nitrogens with zero attached hydrogens (tertiary/aromatic N) is 3.